The molecular formula is C13H18Cl2N2O2S. The second-order valence-corrected chi connectivity index (χ2v) is 7.65. The molecule has 7 heteroatoms. The number of benzene rings is 1. The average Bonchev–Trinajstić information content (AvgIpc) is 3.18. The molecule has 0 aliphatic heterocycles. The van der Waals surface area contributed by atoms with Crippen molar-refractivity contribution in [3.63, 3.8) is 0 Å². The highest BCUT2D eigenvalue weighted by Crippen LogP contribution is 2.36. The predicted molar refractivity (Wildman–Crippen MR) is 82.6 cm³/mol. The molecule has 1 aromatic carbocycles. The summed E-state index contributed by atoms with van der Waals surface area (Å²) >= 11 is 11.8. The molecule has 0 saturated heterocycles. The van der Waals surface area contributed by atoms with Gasteiger partial charge in [-0.3, -0.25) is 0 Å². The number of sulfonamides is 1. The van der Waals surface area contributed by atoms with Crippen LogP contribution in [-0.2, 0) is 10.0 Å². The second kappa shape index (κ2) is 6.10. The number of halogens is 2. The van der Waals surface area contributed by atoms with Gasteiger partial charge in [-0.15, -0.1) is 0 Å². The maximum absolute atomic E-state index is 12.4. The van der Waals surface area contributed by atoms with E-state index in [2.05, 4.69) is 4.72 Å². The van der Waals surface area contributed by atoms with Gasteiger partial charge in [-0.2, -0.15) is 0 Å². The SMILES string of the molecule is CCC(CC1CC1)NS(=O)(=O)c1ccc(Cl)c(N)c1Cl. The summed E-state index contributed by atoms with van der Waals surface area (Å²) in [6.45, 7) is 1.97. The summed E-state index contributed by atoms with van der Waals surface area (Å²) in [5, 5.41) is 0.227. The number of nitrogen functional groups attached to an aromatic ring is 1. The normalized spacial score (nSPS) is 17.1. The number of rotatable bonds is 6. The Morgan fingerprint density at radius 2 is 2.05 bits per heavy atom. The number of anilines is 1. The Labute approximate surface area is 129 Å². The summed E-state index contributed by atoms with van der Waals surface area (Å²) in [4.78, 5) is -0.0182. The fourth-order valence-corrected chi connectivity index (χ4v) is 4.19. The zero-order valence-corrected chi connectivity index (χ0v) is 13.5. The van der Waals surface area contributed by atoms with E-state index in [1.807, 2.05) is 6.92 Å². The molecule has 0 spiro atoms. The Morgan fingerprint density at radius 1 is 1.40 bits per heavy atom. The molecule has 1 aromatic rings. The lowest BCUT2D eigenvalue weighted by atomic mass is 10.1. The maximum atomic E-state index is 12.4. The average molecular weight is 337 g/mol. The standard InChI is InChI=1S/C13H18Cl2N2O2S/c1-2-9(7-8-3-4-8)17-20(18,19)11-6-5-10(14)13(16)12(11)15/h5-6,8-9,17H,2-4,7,16H2,1H3. The van der Waals surface area contributed by atoms with E-state index >= 15 is 0 Å². The number of nitrogens with two attached hydrogens (primary N) is 1. The first-order valence-electron chi connectivity index (χ1n) is 6.61. The molecule has 0 amide bonds. The Bertz CT molecular complexity index is 601. The number of nitrogens with one attached hydrogen (secondary N) is 1. The summed E-state index contributed by atoms with van der Waals surface area (Å²) in [7, 11) is -3.68. The quantitative estimate of drug-likeness (QED) is 0.781. The van der Waals surface area contributed by atoms with Gasteiger partial charge in [0.2, 0.25) is 10.0 Å². The van der Waals surface area contributed by atoms with Crippen LogP contribution in [0.5, 0.6) is 0 Å². The first-order valence-corrected chi connectivity index (χ1v) is 8.85. The van der Waals surface area contributed by atoms with E-state index in [0.29, 0.717) is 5.92 Å². The smallest absolute Gasteiger partial charge is 0.242 e. The van der Waals surface area contributed by atoms with Gasteiger partial charge in [0.05, 0.1) is 15.7 Å². The van der Waals surface area contributed by atoms with Gasteiger partial charge >= 0.3 is 0 Å². The molecular weight excluding hydrogens is 319 g/mol. The fraction of sp³-hybridized carbons (Fsp3) is 0.538. The molecule has 1 aliphatic rings. The first-order chi connectivity index (χ1) is 9.35. The summed E-state index contributed by atoms with van der Waals surface area (Å²) in [5.41, 5.74) is 5.77. The highest BCUT2D eigenvalue weighted by Gasteiger charge is 2.29. The van der Waals surface area contributed by atoms with Gasteiger partial charge in [0.15, 0.2) is 0 Å². The van der Waals surface area contributed by atoms with E-state index in [0.717, 1.165) is 12.8 Å². The van der Waals surface area contributed by atoms with E-state index in [9.17, 15) is 8.42 Å². The third-order valence-electron chi connectivity index (χ3n) is 3.51. The Morgan fingerprint density at radius 3 is 2.60 bits per heavy atom. The van der Waals surface area contributed by atoms with Crippen molar-refractivity contribution in [1.29, 1.82) is 0 Å². The highest BCUT2D eigenvalue weighted by atomic mass is 35.5. The molecule has 0 radical (unpaired) electrons. The van der Waals surface area contributed by atoms with Crippen molar-refractivity contribution in [1.82, 2.24) is 4.72 Å². The minimum absolute atomic E-state index is 0.0182. The third-order valence-corrected chi connectivity index (χ3v) is 5.92. The van der Waals surface area contributed by atoms with Crippen molar-refractivity contribution in [2.24, 2.45) is 5.92 Å². The molecule has 112 valence electrons. The van der Waals surface area contributed by atoms with Crippen LogP contribution in [0.1, 0.15) is 32.6 Å². The minimum atomic E-state index is -3.68. The molecule has 1 saturated carbocycles. The molecule has 4 nitrogen and oxygen atoms in total. The lowest BCUT2D eigenvalue weighted by Crippen LogP contribution is -2.35. The van der Waals surface area contributed by atoms with Crippen molar-refractivity contribution in [2.45, 2.75) is 43.5 Å². The lowest BCUT2D eigenvalue weighted by Gasteiger charge is -2.18. The van der Waals surface area contributed by atoms with Gasteiger partial charge < -0.3 is 5.73 Å². The molecule has 0 aromatic heterocycles. The third kappa shape index (κ3) is 3.58. The zero-order chi connectivity index (χ0) is 14.9. The van der Waals surface area contributed by atoms with Crippen molar-refractivity contribution >= 4 is 38.9 Å². The van der Waals surface area contributed by atoms with E-state index < -0.39 is 10.0 Å². The van der Waals surface area contributed by atoms with Gasteiger partial charge in [-0.1, -0.05) is 43.0 Å². The van der Waals surface area contributed by atoms with Crippen LogP contribution >= 0.6 is 23.2 Å². The van der Waals surface area contributed by atoms with E-state index in [-0.39, 0.29) is 26.7 Å². The molecule has 0 bridgehead atoms. The molecule has 3 N–H and O–H groups in total. The van der Waals surface area contributed by atoms with Gasteiger partial charge in [0.1, 0.15) is 4.90 Å². The molecule has 2 rings (SSSR count). The van der Waals surface area contributed by atoms with Crippen LogP contribution < -0.4 is 10.5 Å². The molecule has 1 unspecified atom stereocenters. The van der Waals surface area contributed by atoms with Gasteiger partial charge in [0, 0.05) is 6.04 Å². The van der Waals surface area contributed by atoms with Crippen molar-refractivity contribution < 1.29 is 8.42 Å². The Balaban J connectivity index is 2.23. The monoisotopic (exact) mass is 336 g/mol. The number of hydrogen-bond acceptors (Lipinski definition) is 3. The summed E-state index contributed by atoms with van der Waals surface area (Å²) in [6, 6.07) is 2.76. The van der Waals surface area contributed by atoms with Crippen LogP contribution in [-0.4, -0.2) is 14.5 Å². The van der Waals surface area contributed by atoms with E-state index in [1.54, 1.807) is 0 Å². The molecule has 1 aliphatic carbocycles. The van der Waals surface area contributed by atoms with Crippen molar-refractivity contribution in [3.05, 3.63) is 22.2 Å². The highest BCUT2D eigenvalue weighted by molar-refractivity contribution is 7.89. The topological polar surface area (TPSA) is 72.2 Å². The van der Waals surface area contributed by atoms with E-state index in [4.69, 9.17) is 28.9 Å². The predicted octanol–water partition coefficient (Wildman–Crippen LogP) is 3.43. The molecule has 20 heavy (non-hydrogen) atoms. The summed E-state index contributed by atoms with van der Waals surface area (Å²) in [5.74, 6) is 0.647. The summed E-state index contributed by atoms with van der Waals surface area (Å²) in [6.07, 6.45) is 3.99. The van der Waals surface area contributed by atoms with Crippen LogP contribution in [0.15, 0.2) is 17.0 Å². The molecule has 1 fully saturated rings. The van der Waals surface area contributed by atoms with Crippen LogP contribution in [0, 0.1) is 5.92 Å². The Hall–Kier alpha value is -0.490. The minimum Gasteiger partial charge on any atom is -0.396 e. The van der Waals surface area contributed by atoms with E-state index in [1.165, 1.54) is 25.0 Å². The zero-order valence-electron chi connectivity index (χ0n) is 11.2. The van der Waals surface area contributed by atoms with Gasteiger partial charge in [-0.25, -0.2) is 13.1 Å². The van der Waals surface area contributed by atoms with Crippen LogP contribution in [0.25, 0.3) is 0 Å². The second-order valence-electron chi connectivity index (χ2n) is 5.18. The largest absolute Gasteiger partial charge is 0.396 e. The van der Waals surface area contributed by atoms with Gasteiger partial charge in [0.25, 0.3) is 0 Å². The first kappa shape index (κ1) is 15.9. The van der Waals surface area contributed by atoms with Crippen LogP contribution in [0.3, 0.4) is 0 Å². The lowest BCUT2D eigenvalue weighted by molar-refractivity contribution is 0.495. The molecule has 0 heterocycles. The van der Waals surface area contributed by atoms with Crippen LogP contribution in [0.2, 0.25) is 10.0 Å². The van der Waals surface area contributed by atoms with Crippen molar-refractivity contribution in [3.8, 4) is 0 Å². The number of hydrogen-bond donors (Lipinski definition) is 2. The summed E-state index contributed by atoms with van der Waals surface area (Å²) < 4.78 is 27.5. The van der Waals surface area contributed by atoms with Crippen molar-refractivity contribution in [2.75, 3.05) is 5.73 Å². The maximum Gasteiger partial charge on any atom is 0.242 e. The van der Waals surface area contributed by atoms with Crippen LogP contribution in [0.4, 0.5) is 5.69 Å². The fourth-order valence-electron chi connectivity index (χ4n) is 2.09. The Kier molecular flexibility index (Phi) is 4.84. The molecule has 1 atom stereocenters. The van der Waals surface area contributed by atoms with Gasteiger partial charge in [-0.05, 0) is 30.9 Å².